The first-order chi connectivity index (χ1) is 28.5. The quantitative estimate of drug-likeness (QED) is 0.169. The molecule has 3 aromatic carbocycles. The van der Waals surface area contributed by atoms with Gasteiger partial charge in [0.05, 0.1) is 12.8 Å². The Balaban J connectivity index is 0.000000637. The molecule has 59 heavy (non-hydrogen) atoms. The number of carboxylic acids is 1. The second kappa shape index (κ2) is 18.2. The van der Waals surface area contributed by atoms with Crippen LogP contribution in [0.15, 0.2) is 72.8 Å². The number of aliphatic carboxylic acids is 1. The number of hydrogen-bond acceptors (Lipinski definition) is 5. The van der Waals surface area contributed by atoms with Crippen LogP contribution in [-0.4, -0.2) is 64.0 Å². The van der Waals surface area contributed by atoms with E-state index in [1.165, 1.54) is 77.3 Å². The highest BCUT2D eigenvalue weighted by Gasteiger charge is 2.44. The monoisotopic (exact) mass is 812 g/mol. The van der Waals surface area contributed by atoms with Gasteiger partial charge in [0, 0.05) is 36.3 Å². The zero-order chi connectivity index (χ0) is 41.1. The van der Waals surface area contributed by atoms with Gasteiger partial charge < -0.3 is 15.7 Å². The number of amides is 2. The molecule has 3 N–H and O–H groups in total. The summed E-state index contributed by atoms with van der Waals surface area (Å²) in [5.41, 5.74) is 8.34. The summed E-state index contributed by atoms with van der Waals surface area (Å²) < 4.78 is 31.7. The summed E-state index contributed by atoms with van der Waals surface area (Å²) in [6.45, 7) is 2.42. The van der Waals surface area contributed by atoms with Crippen molar-refractivity contribution in [1.29, 1.82) is 0 Å². The predicted octanol–water partition coefficient (Wildman–Crippen LogP) is 9.32. The van der Waals surface area contributed by atoms with E-state index in [9.17, 15) is 22.8 Å². The normalized spacial score (nSPS) is 28.3. The Morgan fingerprint density at radius 2 is 0.831 bits per heavy atom. The van der Waals surface area contributed by atoms with E-state index in [0.717, 1.165) is 48.6 Å². The molecular weight excluding hydrogens is 754 g/mol. The first-order valence-electron chi connectivity index (χ1n) is 22.2. The minimum atomic E-state index is -5.08. The molecular formula is C48H59F3N4O4. The third kappa shape index (κ3) is 9.72. The molecule has 8 nitrogen and oxygen atoms in total. The molecule has 1 unspecified atom stereocenters. The first-order valence-corrected chi connectivity index (χ1v) is 22.2. The summed E-state index contributed by atoms with van der Waals surface area (Å²) in [6.07, 6.45) is 12.8. The Hall–Kier alpha value is -4.22. The van der Waals surface area contributed by atoms with Crippen LogP contribution in [0.3, 0.4) is 0 Å². The maximum absolute atomic E-state index is 13.0. The van der Waals surface area contributed by atoms with Crippen LogP contribution in [-0.2, 0) is 27.2 Å². The van der Waals surface area contributed by atoms with Crippen molar-refractivity contribution in [3.8, 4) is 0 Å². The molecule has 4 bridgehead atoms. The maximum Gasteiger partial charge on any atom is 0.490 e. The molecule has 6 aliphatic rings. The highest BCUT2D eigenvalue weighted by atomic mass is 19.4. The lowest BCUT2D eigenvalue weighted by Crippen LogP contribution is -2.39. The predicted molar refractivity (Wildman–Crippen MR) is 220 cm³/mol. The Bertz CT molecular complexity index is 1750. The average Bonchev–Trinajstić information content (AvgIpc) is 3.99. The van der Waals surface area contributed by atoms with Crippen LogP contribution in [0.5, 0.6) is 0 Å². The van der Waals surface area contributed by atoms with Gasteiger partial charge in [-0.25, -0.2) is 4.79 Å². The first kappa shape index (κ1) is 41.5. The Morgan fingerprint density at radius 3 is 1.12 bits per heavy atom. The summed E-state index contributed by atoms with van der Waals surface area (Å²) in [5, 5.41) is 13.8. The molecule has 11 heteroatoms. The average molecular weight is 813 g/mol. The summed E-state index contributed by atoms with van der Waals surface area (Å²) in [6, 6.07) is 29.5. The lowest BCUT2D eigenvalue weighted by atomic mass is 9.84. The van der Waals surface area contributed by atoms with E-state index < -0.39 is 12.1 Å². The minimum absolute atomic E-state index is 0.119. The topological polar surface area (TPSA) is 102 Å². The van der Waals surface area contributed by atoms with Gasteiger partial charge in [-0.05, 0) is 148 Å². The number of hydrogen-bond donors (Lipinski definition) is 3. The van der Waals surface area contributed by atoms with Crippen LogP contribution in [0.25, 0.3) is 0 Å². The molecule has 0 spiro atoms. The van der Waals surface area contributed by atoms with Crippen LogP contribution < -0.4 is 10.6 Å². The van der Waals surface area contributed by atoms with Gasteiger partial charge in [0.2, 0.25) is 11.8 Å². The fourth-order valence-electron chi connectivity index (χ4n) is 11.5. The zero-order valence-electron chi connectivity index (χ0n) is 34.0. The number of carboxylic acid groups (broad SMARTS) is 1. The van der Waals surface area contributed by atoms with Crippen molar-refractivity contribution >= 4 is 17.8 Å². The molecule has 4 fully saturated rings. The third-order valence-corrected chi connectivity index (χ3v) is 14.5. The molecule has 316 valence electrons. The van der Waals surface area contributed by atoms with E-state index in [4.69, 9.17) is 9.90 Å². The molecule has 2 amide bonds. The molecule has 0 radical (unpaired) electrons. The molecule has 4 atom stereocenters. The highest BCUT2D eigenvalue weighted by Crippen LogP contribution is 2.54. The van der Waals surface area contributed by atoms with Gasteiger partial charge in [-0.1, -0.05) is 72.8 Å². The van der Waals surface area contributed by atoms with Crippen molar-refractivity contribution < 1.29 is 32.7 Å². The van der Waals surface area contributed by atoms with Gasteiger partial charge >= 0.3 is 12.1 Å². The number of nitrogens with zero attached hydrogens (tertiary/aromatic N) is 2. The van der Waals surface area contributed by atoms with Crippen LogP contribution in [0, 0.1) is 11.8 Å². The van der Waals surface area contributed by atoms with Gasteiger partial charge in [-0.3, -0.25) is 19.4 Å². The smallest absolute Gasteiger partial charge is 0.475 e. The van der Waals surface area contributed by atoms with Gasteiger partial charge in [0.25, 0.3) is 0 Å². The summed E-state index contributed by atoms with van der Waals surface area (Å²) in [5.74, 6) is -0.972. The van der Waals surface area contributed by atoms with Crippen molar-refractivity contribution in [3.05, 3.63) is 106 Å². The molecule has 9 rings (SSSR count). The second-order valence-electron chi connectivity index (χ2n) is 18.1. The number of nitrogens with one attached hydrogen (secondary N) is 2. The van der Waals surface area contributed by atoms with E-state index in [1.807, 2.05) is 24.3 Å². The van der Waals surface area contributed by atoms with Crippen molar-refractivity contribution in [2.45, 2.75) is 145 Å². The number of carbonyl (C=O) groups excluding carboxylic acids is 2. The maximum atomic E-state index is 13.0. The zero-order valence-corrected chi connectivity index (χ0v) is 34.0. The standard InChI is InChI=1S/C46H58N4O2.C2HF3O2/c51-45(47-35-17-13-31(14-18-35)25-27-49-41-21-22-42(49)38-6-2-1-5-37(38)41)29-33-9-11-34(12-10-33)30-46(52)48-36-19-15-32(16-20-36)26-28-50-43-23-24-44(50)40-8-4-3-7-39(40)43;3-2(4,5)1(6)7/h1-12,31-32,35-36,41-44H,13-30H2,(H,47,51)(H,48,52);(H,6,7)/t31?,32?,35?,36?,41-,42+,43-,44?;/m1./s1. The Kier molecular flexibility index (Phi) is 12.8. The summed E-state index contributed by atoms with van der Waals surface area (Å²) >= 11 is 0. The molecule has 2 aliphatic carbocycles. The van der Waals surface area contributed by atoms with E-state index in [2.05, 4.69) is 69.0 Å². The van der Waals surface area contributed by atoms with Crippen molar-refractivity contribution in [3.63, 3.8) is 0 Å². The van der Waals surface area contributed by atoms with Crippen molar-refractivity contribution in [2.75, 3.05) is 13.1 Å². The number of benzene rings is 3. The summed E-state index contributed by atoms with van der Waals surface area (Å²) in [4.78, 5) is 40.4. The molecule has 4 heterocycles. The highest BCUT2D eigenvalue weighted by molar-refractivity contribution is 5.80. The second-order valence-corrected chi connectivity index (χ2v) is 18.1. The molecule has 3 aromatic rings. The number of carbonyl (C=O) groups is 3. The lowest BCUT2D eigenvalue weighted by Gasteiger charge is -2.31. The number of fused-ring (bicyclic) bond motifs is 10. The lowest BCUT2D eigenvalue weighted by molar-refractivity contribution is -0.192. The SMILES string of the molecule is O=C(Cc1ccc(CC(=O)NC2CCC(CCN3[C@@H]4CC[C@H]3c3ccccc34)CC2)cc1)NC1CCC(CCN2C3CC[C@@H]2c2ccccc23)CC1.O=C(O)C(F)(F)F. The Labute approximate surface area is 346 Å². The minimum Gasteiger partial charge on any atom is -0.475 e. The Morgan fingerprint density at radius 1 is 0.525 bits per heavy atom. The van der Waals surface area contributed by atoms with E-state index in [1.54, 1.807) is 22.3 Å². The van der Waals surface area contributed by atoms with Crippen molar-refractivity contribution in [1.82, 2.24) is 20.4 Å². The number of rotatable bonds is 12. The van der Waals surface area contributed by atoms with Crippen molar-refractivity contribution in [2.24, 2.45) is 11.8 Å². The fourth-order valence-corrected chi connectivity index (χ4v) is 11.5. The van der Waals surface area contributed by atoms with Crippen LogP contribution >= 0.6 is 0 Å². The van der Waals surface area contributed by atoms with E-state index >= 15 is 0 Å². The van der Waals surface area contributed by atoms with Gasteiger partial charge in [-0.2, -0.15) is 13.2 Å². The molecule has 2 saturated heterocycles. The van der Waals surface area contributed by atoms with Crippen LogP contribution in [0.4, 0.5) is 13.2 Å². The van der Waals surface area contributed by atoms with Crippen LogP contribution in [0.1, 0.15) is 147 Å². The molecule has 0 aromatic heterocycles. The van der Waals surface area contributed by atoms with Gasteiger partial charge in [-0.15, -0.1) is 0 Å². The molecule has 4 aliphatic heterocycles. The number of halogens is 3. The number of alkyl halides is 3. The van der Waals surface area contributed by atoms with Gasteiger partial charge in [0.1, 0.15) is 0 Å². The van der Waals surface area contributed by atoms with E-state index in [-0.39, 0.29) is 11.8 Å². The van der Waals surface area contributed by atoms with Crippen LogP contribution in [0.2, 0.25) is 0 Å². The summed E-state index contributed by atoms with van der Waals surface area (Å²) in [7, 11) is 0. The molecule has 2 saturated carbocycles. The fraction of sp³-hybridized carbons (Fsp3) is 0.562. The third-order valence-electron chi connectivity index (χ3n) is 14.5. The van der Waals surface area contributed by atoms with E-state index in [0.29, 0.717) is 49.1 Å². The van der Waals surface area contributed by atoms with Gasteiger partial charge in [0.15, 0.2) is 0 Å². The largest absolute Gasteiger partial charge is 0.490 e.